The van der Waals surface area contributed by atoms with E-state index in [-0.39, 0.29) is 17.8 Å². The number of nitrogens with two attached hydrogens (primary N) is 1. The van der Waals surface area contributed by atoms with Gasteiger partial charge in [-0.1, -0.05) is 0 Å². The Morgan fingerprint density at radius 1 is 1.53 bits per heavy atom. The van der Waals surface area contributed by atoms with Gasteiger partial charge in [0.2, 0.25) is 0 Å². The van der Waals surface area contributed by atoms with Gasteiger partial charge in [0, 0.05) is 12.1 Å². The number of nitrogens with zero attached hydrogens (tertiary/aromatic N) is 1. The fourth-order valence-electron chi connectivity index (χ4n) is 1.26. The number of carboxylic acids is 1. The van der Waals surface area contributed by atoms with Gasteiger partial charge in [0.25, 0.3) is 5.69 Å². The first-order valence-electron chi connectivity index (χ1n) is 4.27. The molecular weight excluding hydrogens is 200 g/mol. The third kappa shape index (κ3) is 2.50. The van der Waals surface area contributed by atoms with Crippen LogP contribution in [0.5, 0.6) is 0 Å². The molecule has 0 saturated carbocycles. The zero-order chi connectivity index (χ0) is 11.4. The predicted octanol–water partition coefficient (Wildman–Crippen LogP) is 0.794. The maximum absolute atomic E-state index is 10.8. The number of hydrogen-bond donors (Lipinski definition) is 2. The Morgan fingerprint density at radius 3 is 2.67 bits per heavy atom. The number of nitro benzene ring substituents is 1. The molecule has 0 amide bonds. The molecule has 6 heteroatoms. The molecule has 3 N–H and O–H groups in total. The van der Waals surface area contributed by atoms with E-state index in [1.54, 1.807) is 0 Å². The average Bonchev–Trinajstić information content (AvgIpc) is 2.17. The Morgan fingerprint density at radius 2 is 2.20 bits per heavy atom. The van der Waals surface area contributed by atoms with Crippen LogP contribution in [0, 0.1) is 10.1 Å². The first-order valence-corrected chi connectivity index (χ1v) is 4.27. The molecule has 6 nitrogen and oxygen atoms in total. The number of carbonyl (C=O) groups is 1. The molecule has 1 aromatic carbocycles. The Labute approximate surface area is 85.5 Å². The van der Waals surface area contributed by atoms with Crippen molar-refractivity contribution in [1.29, 1.82) is 0 Å². The highest BCUT2D eigenvalue weighted by atomic mass is 16.6. The monoisotopic (exact) mass is 210 g/mol. The summed E-state index contributed by atoms with van der Waals surface area (Å²) in [5, 5.41) is 19.3. The van der Waals surface area contributed by atoms with Gasteiger partial charge in [-0.15, -0.1) is 0 Å². The summed E-state index contributed by atoms with van der Waals surface area (Å²) in [4.78, 5) is 20.7. The molecule has 0 radical (unpaired) electrons. The standard InChI is InChI=1S/C9H10N2O4/c10-4-3-6-5-7(11(14)15)1-2-8(6)9(12)13/h1-2,5H,3-4,10H2,(H,12,13). The van der Waals surface area contributed by atoms with E-state index in [9.17, 15) is 14.9 Å². The van der Waals surface area contributed by atoms with Crippen LogP contribution >= 0.6 is 0 Å². The summed E-state index contributed by atoms with van der Waals surface area (Å²) in [6.07, 6.45) is 0.309. The maximum atomic E-state index is 10.8. The van der Waals surface area contributed by atoms with Crippen LogP contribution in [0.25, 0.3) is 0 Å². The van der Waals surface area contributed by atoms with Crippen LogP contribution in [0.4, 0.5) is 5.69 Å². The number of benzene rings is 1. The first-order chi connectivity index (χ1) is 7.06. The number of aromatic carboxylic acids is 1. The van der Waals surface area contributed by atoms with Crippen molar-refractivity contribution >= 4 is 11.7 Å². The lowest BCUT2D eigenvalue weighted by Crippen LogP contribution is -2.09. The van der Waals surface area contributed by atoms with Crippen molar-refractivity contribution in [3.63, 3.8) is 0 Å². The van der Waals surface area contributed by atoms with Gasteiger partial charge in [-0.05, 0) is 24.6 Å². The van der Waals surface area contributed by atoms with Crippen LogP contribution in [-0.4, -0.2) is 22.5 Å². The van der Waals surface area contributed by atoms with Crippen LogP contribution in [0.1, 0.15) is 15.9 Å². The Balaban J connectivity index is 3.20. The number of non-ortho nitro benzene ring substituents is 1. The summed E-state index contributed by atoms with van der Waals surface area (Å²) in [6.45, 7) is 0.251. The zero-order valence-electron chi connectivity index (χ0n) is 7.84. The van der Waals surface area contributed by atoms with Crippen LogP contribution in [-0.2, 0) is 6.42 Å². The fourth-order valence-corrected chi connectivity index (χ4v) is 1.26. The molecule has 0 aliphatic carbocycles. The van der Waals surface area contributed by atoms with Gasteiger partial charge in [-0.2, -0.15) is 0 Å². The summed E-state index contributed by atoms with van der Waals surface area (Å²) in [5.41, 5.74) is 5.62. The Hall–Kier alpha value is -1.95. The molecule has 0 aliphatic rings. The van der Waals surface area contributed by atoms with E-state index in [0.29, 0.717) is 12.0 Å². The van der Waals surface area contributed by atoms with E-state index >= 15 is 0 Å². The highest BCUT2D eigenvalue weighted by molar-refractivity contribution is 5.89. The van der Waals surface area contributed by atoms with Gasteiger partial charge >= 0.3 is 5.97 Å². The molecule has 0 saturated heterocycles. The topological polar surface area (TPSA) is 106 Å². The van der Waals surface area contributed by atoms with Crippen molar-refractivity contribution in [2.75, 3.05) is 6.54 Å². The van der Waals surface area contributed by atoms with E-state index < -0.39 is 10.9 Å². The molecule has 15 heavy (non-hydrogen) atoms. The van der Waals surface area contributed by atoms with Gasteiger partial charge < -0.3 is 10.8 Å². The van der Waals surface area contributed by atoms with E-state index in [1.807, 2.05) is 0 Å². The van der Waals surface area contributed by atoms with E-state index in [4.69, 9.17) is 10.8 Å². The van der Waals surface area contributed by atoms with E-state index in [2.05, 4.69) is 0 Å². The minimum atomic E-state index is -1.10. The predicted molar refractivity (Wildman–Crippen MR) is 52.8 cm³/mol. The molecule has 0 atom stereocenters. The maximum Gasteiger partial charge on any atom is 0.335 e. The van der Waals surface area contributed by atoms with Gasteiger partial charge in [0.1, 0.15) is 0 Å². The summed E-state index contributed by atoms with van der Waals surface area (Å²) in [5.74, 6) is -1.10. The molecule has 0 aliphatic heterocycles. The molecule has 80 valence electrons. The average molecular weight is 210 g/mol. The normalized spacial score (nSPS) is 9.93. The van der Waals surface area contributed by atoms with Crippen LogP contribution in [0.3, 0.4) is 0 Å². The summed E-state index contributed by atoms with van der Waals surface area (Å²) < 4.78 is 0. The molecule has 0 bridgehead atoms. The Kier molecular flexibility index (Phi) is 3.35. The summed E-state index contributed by atoms with van der Waals surface area (Å²) in [7, 11) is 0. The number of carboxylic acid groups (broad SMARTS) is 1. The molecule has 0 aromatic heterocycles. The van der Waals surface area contributed by atoms with Gasteiger partial charge in [0.05, 0.1) is 10.5 Å². The van der Waals surface area contributed by atoms with E-state index in [0.717, 1.165) is 0 Å². The molecular formula is C9H10N2O4. The minimum Gasteiger partial charge on any atom is -0.478 e. The highest BCUT2D eigenvalue weighted by Crippen LogP contribution is 2.18. The number of hydrogen-bond acceptors (Lipinski definition) is 4. The van der Waals surface area contributed by atoms with Crippen molar-refractivity contribution < 1.29 is 14.8 Å². The third-order valence-electron chi connectivity index (χ3n) is 1.94. The van der Waals surface area contributed by atoms with Crippen LogP contribution in [0.2, 0.25) is 0 Å². The second-order valence-electron chi connectivity index (χ2n) is 2.94. The zero-order valence-corrected chi connectivity index (χ0v) is 7.84. The number of rotatable bonds is 4. The van der Waals surface area contributed by atoms with Crippen molar-refractivity contribution in [2.24, 2.45) is 5.73 Å². The lowest BCUT2D eigenvalue weighted by molar-refractivity contribution is -0.384. The lowest BCUT2D eigenvalue weighted by atomic mass is 10.0. The highest BCUT2D eigenvalue weighted by Gasteiger charge is 2.14. The SMILES string of the molecule is NCCc1cc([N+](=O)[O-])ccc1C(=O)O. The second-order valence-corrected chi connectivity index (χ2v) is 2.94. The van der Waals surface area contributed by atoms with Crippen molar-refractivity contribution in [3.8, 4) is 0 Å². The van der Waals surface area contributed by atoms with Gasteiger partial charge in [-0.3, -0.25) is 10.1 Å². The van der Waals surface area contributed by atoms with Gasteiger partial charge in [-0.25, -0.2) is 4.79 Å². The smallest absolute Gasteiger partial charge is 0.335 e. The largest absolute Gasteiger partial charge is 0.478 e. The third-order valence-corrected chi connectivity index (χ3v) is 1.94. The number of nitro groups is 1. The molecule has 0 spiro atoms. The minimum absolute atomic E-state index is 0.0612. The molecule has 1 rings (SSSR count). The van der Waals surface area contributed by atoms with Crippen LogP contribution < -0.4 is 5.73 Å². The van der Waals surface area contributed by atoms with Crippen molar-refractivity contribution in [3.05, 3.63) is 39.4 Å². The molecule has 0 heterocycles. The fraction of sp³-hybridized carbons (Fsp3) is 0.222. The van der Waals surface area contributed by atoms with E-state index in [1.165, 1.54) is 18.2 Å². The second kappa shape index (κ2) is 4.52. The van der Waals surface area contributed by atoms with Crippen LogP contribution in [0.15, 0.2) is 18.2 Å². The molecule has 1 aromatic rings. The van der Waals surface area contributed by atoms with Crippen molar-refractivity contribution in [1.82, 2.24) is 0 Å². The quantitative estimate of drug-likeness (QED) is 0.564. The van der Waals surface area contributed by atoms with Gasteiger partial charge in [0.15, 0.2) is 0 Å². The first kappa shape index (κ1) is 11.1. The lowest BCUT2D eigenvalue weighted by Gasteiger charge is -2.03. The molecule has 0 unspecified atom stereocenters. The summed E-state index contributed by atoms with van der Waals surface area (Å²) in [6, 6.07) is 3.64. The van der Waals surface area contributed by atoms with Crippen molar-refractivity contribution in [2.45, 2.75) is 6.42 Å². The summed E-state index contributed by atoms with van der Waals surface area (Å²) >= 11 is 0. The molecule has 0 fully saturated rings. The Bertz CT molecular complexity index is 403.